The van der Waals surface area contributed by atoms with E-state index in [1.807, 2.05) is 6.92 Å². The van der Waals surface area contributed by atoms with Crippen LogP contribution in [0.5, 0.6) is 0 Å². The fourth-order valence-corrected chi connectivity index (χ4v) is 3.00. The highest BCUT2D eigenvalue weighted by atomic mass is 19.1. The molecule has 0 saturated heterocycles. The first-order chi connectivity index (χ1) is 9.19. The van der Waals surface area contributed by atoms with Crippen molar-refractivity contribution in [1.29, 1.82) is 0 Å². The van der Waals surface area contributed by atoms with Gasteiger partial charge in [-0.05, 0) is 25.8 Å². The van der Waals surface area contributed by atoms with Crippen LogP contribution >= 0.6 is 0 Å². The number of aliphatic hydroxyl groups is 1. The topological polar surface area (TPSA) is 42.4 Å². The monoisotopic (exact) mass is 267 g/mol. The van der Waals surface area contributed by atoms with Gasteiger partial charge >= 0.3 is 0 Å². The van der Waals surface area contributed by atoms with Gasteiger partial charge in [0.2, 0.25) is 0 Å². The van der Waals surface area contributed by atoms with Crippen LogP contribution in [0.2, 0.25) is 0 Å². The Balaban J connectivity index is 2.29. The molecule has 0 aliphatic heterocycles. The first-order valence-corrected chi connectivity index (χ1v) is 7.11. The van der Waals surface area contributed by atoms with Crippen LogP contribution in [0.1, 0.15) is 57.1 Å². The molecule has 0 amide bonds. The quantitative estimate of drug-likeness (QED) is 0.850. The molecule has 1 N–H and O–H groups in total. The minimum Gasteiger partial charge on any atom is -0.385 e. The van der Waals surface area contributed by atoms with Crippen LogP contribution in [0, 0.1) is 5.82 Å². The number of aromatic nitrogens is 1. The van der Waals surface area contributed by atoms with E-state index in [2.05, 4.69) is 4.98 Å². The Hall–Kier alpha value is -1.00. The van der Waals surface area contributed by atoms with Crippen LogP contribution in [0.25, 0.3) is 0 Å². The van der Waals surface area contributed by atoms with Gasteiger partial charge in [-0.15, -0.1) is 0 Å². The van der Waals surface area contributed by atoms with Gasteiger partial charge in [0.05, 0.1) is 11.8 Å². The lowest BCUT2D eigenvalue weighted by Crippen LogP contribution is -2.39. The summed E-state index contributed by atoms with van der Waals surface area (Å²) in [5.41, 5.74) is -0.349. The summed E-state index contributed by atoms with van der Waals surface area (Å²) in [5.74, 6) is -0.460. The van der Waals surface area contributed by atoms with Crippen molar-refractivity contribution in [2.75, 3.05) is 6.61 Å². The van der Waals surface area contributed by atoms with Crippen molar-refractivity contribution in [2.24, 2.45) is 0 Å². The number of hydrogen-bond donors (Lipinski definition) is 1. The average molecular weight is 267 g/mol. The Morgan fingerprint density at radius 1 is 1.37 bits per heavy atom. The van der Waals surface area contributed by atoms with E-state index in [1.54, 1.807) is 6.07 Å². The third-order valence-electron chi connectivity index (χ3n) is 3.98. The van der Waals surface area contributed by atoms with E-state index >= 15 is 0 Å². The summed E-state index contributed by atoms with van der Waals surface area (Å²) in [6.45, 7) is 2.45. The Bertz CT molecular complexity index is 403. The molecule has 1 atom stereocenters. The average Bonchev–Trinajstić information content (AvgIpc) is 2.66. The van der Waals surface area contributed by atoms with Crippen molar-refractivity contribution >= 4 is 0 Å². The van der Waals surface area contributed by atoms with Gasteiger partial charge in [0, 0.05) is 18.4 Å². The molecule has 1 unspecified atom stereocenters. The maximum atomic E-state index is 13.8. The number of pyridine rings is 1. The van der Waals surface area contributed by atoms with E-state index in [9.17, 15) is 9.50 Å². The first-order valence-electron chi connectivity index (χ1n) is 7.11. The molecule has 1 heterocycles. The van der Waals surface area contributed by atoms with Crippen molar-refractivity contribution in [2.45, 2.75) is 57.2 Å². The zero-order chi connectivity index (χ0) is 13.7. The molecule has 1 aliphatic carbocycles. The molecule has 1 saturated carbocycles. The summed E-state index contributed by atoms with van der Waals surface area (Å²) >= 11 is 0. The number of rotatable bonds is 4. The largest absolute Gasteiger partial charge is 0.385 e. The molecule has 0 bridgehead atoms. The number of halogens is 1. The first kappa shape index (κ1) is 14.4. The lowest BCUT2D eigenvalue weighted by molar-refractivity contribution is -0.132. The molecule has 2 rings (SSSR count). The van der Waals surface area contributed by atoms with Crippen LogP contribution in [-0.2, 0) is 4.74 Å². The fourth-order valence-electron chi connectivity index (χ4n) is 3.00. The van der Waals surface area contributed by atoms with Gasteiger partial charge in [0.25, 0.3) is 0 Å². The lowest BCUT2D eigenvalue weighted by Gasteiger charge is -2.37. The normalized spacial score (nSPS) is 20.8. The van der Waals surface area contributed by atoms with Crippen molar-refractivity contribution in [3.05, 3.63) is 29.8 Å². The van der Waals surface area contributed by atoms with Crippen LogP contribution in [0.4, 0.5) is 4.39 Å². The van der Waals surface area contributed by atoms with Crippen LogP contribution in [0.15, 0.2) is 18.5 Å². The maximum Gasteiger partial charge on any atom is 0.147 e. The molecule has 0 spiro atoms. The van der Waals surface area contributed by atoms with E-state index in [1.165, 1.54) is 6.20 Å². The number of nitrogens with zero attached hydrogens (tertiary/aromatic N) is 1. The van der Waals surface area contributed by atoms with Gasteiger partial charge in [0.15, 0.2) is 0 Å². The van der Waals surface area contributed by atoms with E-state index in [4.69, 9.17) is 4.74 Å². The standard InChI is InChI=1S/C15H22FNO2/c1-2-19-15(8-5-3-4-6-9-15)14(18)12-7-10-17-11-13(12)16/h7,10-11,14,18H,2-6,8-9H2,1H3. The van der Waals surface area contributed by atoms with Crippen LogP contribution < -0.4 is 0 Å². The Morgan fingerprint density at radius 2 is 2.05 bits per heavy atom. The zero-order valence-corrected chi connectivity index (χ0v) is 11.4. The summed E-state index contributed by atoms with van der Waals surface area (Å²) in [4.78, 5) is 3.73. The van der Waals surface area contributed by atoms with Crippen LogP contribution in [0.3, 0.4) is 0 Å². The third kappa shape index (κ3) is 3.12. The number of hydrogen-bond acceptors (Lipinski definition) is 3. The van der Waals surface area contributed by atoms with E-state index in [0.29, 0.717) is 12.2 Å². The van der Waals surface area contributed by atoms with Gasteiger partial charge in [0.1, 0.15) is 11.9 Å². The fraction of sp³-hybridized carbons (Fsp3) is 0.667. The van der Waals surface area contributed by atoms with Gasteiger partial charge in [-0.2, -0.15) is 0 Å². The molecule has 1 aromatic heterocycles. The predicted molar refractivity (Wildman–Crippen MR) is 71.2 cm³/mol. The molecule has 4 heteroatoms. The molecule has 0 radical (unpaired) electrons. The second-order valence-electron chi connectivity index (χ2n) is 5.21. The highest BCUT2D eigenvalue weighted by molar-refractivity contribution is 5.19. The Morgan fingerprint density at radius 3 is 2.63 bits per heavy atom. The molecule has 19 heavy (non-hydrogen) atoms. The lowest BCUT2D eigenvalue weighted by atomic mass is 9.84. The summed E-state index contributed by atoms with van der Waals surface area (Å²) < 4.78 is 19.7. The maximum absolute atomic E-state index is 13.8. The Labute approximate surface area is 113 Å². The molecular weight excluding hydrogens is 245 g/mol. The molecule has 0 aromatic carbocycles. The SMILES string of the molecule is CCOC1(C(O)c2ccncc2F)CCCCCC1. The predicted octanol–water partition coefficient (Wildman–Crippen LogP) is 3.38. The van der Waals surface area contributed by atoms with Crippen molar-refractivity contribution in [3.8, 4) is 0 Å². The van der Waals surface area contributed by atoms with E-state index in [0.717, 1.165) is 44.7 Å². The minimum atomic E-state index is -0.923. The number of aliphatic hydroxyl groups excluding tert-OH is 1. The van der Waals surface area contributed by atoms with Gasteiger partial charge < -0.3 is 9.84 Å². The molecular formula is C15H22FNO2. The van der Waals surface area contributed by atoms with Crippen molar-refractivity contribution < 1.29 is 14.2 Å². The van der Waals surface area contributed by atoms with Gasteiger partial charge in [-0.25, -0.2) is 4.39 Å². The van der Waals surface area contributed by atoms with Gasteiger partial charge in [-0.1, -0.05) is 25.7 Å². The zero-order valence-electron chi connectivity index (χ0n) is 11.4. The van der Waals surface area contributed by atoms with Crippen LogP contribution in [-0.4, -0.2) is 22.3 Å². The molecule has 106 valence electrons. The van der Waals surface area contributed by atoms with E-state index < -0.39 is 17.5 Å². The van der Waals surface area contributed by atoms with Gasteiger partial charge in [-0.3, -0.25) is 4.98 Å². The second kappa shape index (κ2) is 6.44. The molecule has 1 fully saturated rings. The number of ether oxygens (including phenoxy) is 1. The Kier molecular flexibility index (Phi) is 4.88. The third-order valence-corrected chi connectivity index (χ3v) is 3.98. The minimum absolute atomic E-state index is 0.297. The molecule has 3 nitrogen and oxygen atoms in total. The molecule has 1 aliphatic rings. The van der Waals surface area contributed by atoms with E-state index in [-0.39, 0.29) is 0 Å². The summed E-state index contributed by atoms with van der Waals surface area (Å²) in [5, 5.41) is 10.6. The highest BCUT2D eigenvalue weighted by Gasteiger charge is 2.40. The molecule has 1 aromatic rings. The smallest absolute Gasteiger partial charge is 0.147 e. The highest BCUT2D eigenvalue weighted by Crippen LogP contribution is 2.41. The summed E-state index contributed by atoms with van der Waals surface area (Å²) in [7, 11) is 0. The second-order valence-corrected chi connectivity index (χ2v) is 5.21. The summed E-state index contributed by atoms with van der Waals surface area (Å²) in [6.07, 6.45) is 7.64. The van der Waals surface area contributed by atoms with Crippen molar-refractivity contribution in [3.63, 3.8) is 0 Å². The summed E-state index contributed by atoms with van der Waals surface area (Å²) in [6, 6.07) is 1.55. The van der Waals surface area contributed by atoms with Crippen molar-refractivity contribution in [1.82, 2.24) is 4.98 Å².